The third-order valence-corrected chi connectivity index (χ3v) is 1.23. The molecule has 1 aromatic heterocycles. The van der Waals surface area contributed by atoms with Crippen LogP contribution in [0.25, 0.3) is 0 Å². The summed E-state index contributed by atoms with van der Waals surface area (Å²) >= 11 is 0. The van der Waals surface area contributed by atoms with Crippen LogP contribution in [0.4, 0.5) is 0 Å². The van der Waals surface area contributed by atoms with Crippen LogP contribution in [0.15, 0.2) is 23.1 Å². The van der Waals surface area contributed by atoms with Crippen LogP contribution in [-0.2, 0) is 0 Å². The molecule has 0 aliphatic heterocycles. The van der Waals surface area contributed by atoms with Gasteiger partial charge in [0.05, 0.1) is 0 Å². The van der Waals surface area contributed by atoms with Crippen LogP contribution in [-0.4, -0.2) is 15.8 Å². The topological polar surface area (TPSA) is 86.9 Å². The molecule has 1 amide bonds. The molecule has 0 saturated carbocycles. The standard InChI is InChI=1S/C6H6N2O3/c7-5(9)4-2-1-3-8(11)6(4)10/h1-3,11H,(H2,7,9)/p+1. The van der Waals surface area contributed by atoms with E-state index in [0.29, 0.717) is 4.73 Å². The van der Waals surface area contributed by atoms with Crippen LogP contribution in [0.5, 0.6) is 0 Å². The second-order valence-electron chi connectivity index (χ2n) is 1.99. The zero-order valence-electron chi connectivity index (χ0n) is 5.65. The first-order chi connectivity index (χ1) is 5.13. The van der Waals surface area contributed by atoms with Crippen molar-refractivity contribution in [3.05, 3.63) is 34.2 Å². The maximum atomic E-state index is 10.9. The van der Waals surface area contributed by atoms with E-state index in [1.54, 1.807) is 0 Å². The first-order valence-corrected chi connectivity index (χ1v) is 2.90. The van der Waals surface area contributed by atoms with Crippen molar-refractivity contribution in [1.82, 2.24) is 4.73 Å². The number of pyridine rings is 1. The highest BCUT2D eigenvalue weighted by atomic mass is 16.5. The average molecular weight is 155 g/mol. The Morgan fingerprint density at radius 3 is 2.73 bits per heavy atom. The smallest absolute Gasteiger partial charge is 0.346 e. The van der Waals surface area contributed by atoms with Crippen LogP contribution < -0.4 is 11.3 Å². The van der Waals surface area contributed by atoms with Crippen LogP contribution >= 0.6 is 0 Å². The Bertz CT molecular complexity index is 342. The molecule has 5 nitrogen and oxygen atoms in total. The fraction of sp³-hybridized carbons (Fsp3) is 0. The van der Waals surface area contributed by atoms with E-state index in [2.05, 4.69) is 5.73 Å². The Hall–Kier alpha value is -1.62. The molecule has 1 aromatic rings. The highest BCUT2D eigenvalue weighted by molar-refractivity contribution is 5.85. The van der Waals surface area contributed by atoms with Gasteiger partial charge in [-0.1, -0.05) is 0 Å². The van der Waals surface area contributed by atoms with Crippen LogP contribution in [0.2, 0.25) is 0 Å². The molecule has 1 heterocycles. The molecular weight excluding hydrogens is 148 g/mol. The predicted octanol–water partition coefficient (Wildman–Crippen LogP) is -1.53. The Balaban J connectivity index is 3.40. The number of carbonyl (C=O) groups is 1. The maximum absolute atomic E-state index is 10.9. The van der Waals surface area contributed by atoms with Crippen molar-refractivity contribution in [2.75, 3.05) is 0 Å². The molecule has 0 fully saturated rings. The number of carbonyl (C=O) groups excluding carboxylic acids is 1. The molecule has 0 unspecified atom stereocenters. The van der Waals surface area contributed by atoms with Gasteiger partial charge in [0.15, 0.2) is 0 Å². The normalized spacial score (nSPS) is 9.55. The minimum atomic E-state index is -0.743. The summed E-state index contributed by atoms with van der Waals surface area (Å²) in [5, 5.41) is 8.77. The van der Waals surface area contributed by atoms with E-state index in [-0.39, 0.29) is 5.56 Å². The summed E-state index contributed by atoms with van der Waals surface area (Å²) in [5.74, 6) is -0.599. The fourth-order valence-electron chi connectivity index (χ4n) is 0.695. The van der Waals surface area contributed by atoms with Crippen molar-refractivity contribution in [1.29, 1.82) is 0 Å². The monoisotopic (exact) mass is 155 g/mol. The average Bonchev–Trinajstić information content (AvgIpc) is 1.94. The molecule has 0 aliphatic rings. The van der Waals surface area contributed by atoms with Gasteiger partial charge in [-0.25, -0.2) is 4.79 Å². The molecule has 0 bridgehead atoms. The SMILES string of the molecule is [NH3+]C(=O)c1cccn(O)c1=O. The lowest BCUT2D eigenvalue weighted by molar-refractivity contribution is -0.255. The van der Waals surface area contributed by atoms with Gasteiger partial charge in [0.2, 0.25) is 0 Å². The highest BCUT2D eigenvalue weighted by Crippen LogP contribution is 1.86. The summed E-state index contributed by atoms with van der Waals surface area (Å²) in [6, 6.07) is 2.70. The lowest BCUT2D eigenvalue weighted by Crippen LogP contribution is -2.58. The van der Waals surface area contributed by atoms with Gasteiger partial charge in [0.25, 0.3) is 5.56 Å². The zero-order chi connectivity index (χ0) is 8.43. The number of nitrogens with zero attached hydrogens (tertiary/aromatic N) is 1. The molecule has 5 heteroatoms. The number of aromatic nitrogens is 1. The molecule has 0 atom stereocenters. The van der Waals surface area contributed by atoms with Crippen molar-refractivity contribution >= 4 is 5.91 Å². The largest absolute Gasteiger partial charge is 0.425 e. The molecule has 58 valence electrons. The van der Waals surface area contributed by atoms with E-state index in [1.807, 2.05) is 0 Å². The van der Waals surface area contributed by atoms with Gasteiger partial charge < -0.3 is 5.21 Å². The Kier molecular flexibility index (Phi) is 1.74. The molecule has 0 spiro atoms. The van der Waals surface area contributed by atoms with Crippen LogP contribution in [0.3, 0.4) is 0 Å². The summed E-state index contributed by atoms with van der Waals surface area (Å²) < 4.78 is 0.346. The van der Waals surface area contributed by atoms with E-state index in [4.69, 9.17) is 5.21 Å². The quantitative estimate of drug-likeness (QED) is 0.482. The molecule has 0 aliphatic carbocycles. The van der Waals surface area contributed by atoms with Crippen LogP contribution in [0.1, 0.15) is 10.4 Å². The predicted molar refractivity (Wildman–Crippen MR) is 35.1 cm³/mol. The second kappa shape index (κ2) is 2.55. The Morgan fingerprint density at radius 1 is 1.64 bits per heavy atom. The van der Waals surface area contributed by atoms with Gasteiger partial charge in [0.1, 0.15) is 5.56 Å². The molecular formula is C6H7N2O3+. The first kappa shape index (κ1) is 7.49. The number of rotatable bonds is 1. The minimum absolute atomic E-state index is 0.116. The third-order valence-electron chi connectivity index (χ3n) is 1.23. The lowest BCUT2D eigenvalue weighted by Gasteiger charge is -1.94. The minimum Gasteiger partial charge on any atom is -0.425 e. The number of amides is 1. The van der Waals surface area contributed by atoms with Crippen molar-refractivity contribution in [3.8, 4) is 0 Å². The highest BCUT2D eigenvalue weighted by Gasteiger charge is 2.09. The van der Waals surface area contributed by atoms with Gasteiger partial charge in [-0.3, -0.25) is 10.5 Å². The first-order valence-electron chi connectivity index (χ1n) is 2.90. The van der Waals surface area contributed by atoms with E-state index in [0.717, 1.165) is 6.20 Å². The molecule has 0 aromatic carbocycles. The maximum Gasteiger partial charge on any atom is 0.346 e. The van der Waals surface area contributed by atoms with Gasteiger partial charge in [-0.2, -0.15) is 4.73 Å². The molecule has 11 heavy (non-hydrogen) atoms. The van der Waals surface area contributed by atoms with Gasteiger partial charge in [-0.05, 0) is 12.1 Å². The van der Waals surface area contributed by atoms with E-state index >= 15 is 0 Å². The number of quaternary nitrogens is 1. The van der Waals surface area contributed by atoms with E-state index in [1.165, 1.54) is 12.1 Å². The molecule has 4 N–H and O–H groups in total. The Morgan fingerprint density at radius 2 is 2.27 bits per heavy atom. The summed E-state index contributed by atoms with van der Waals surface area (Å²) in [5.41, 5.74) is 2.19. The van der Waals surface area contributed by atoms with Crippen LogP contribution in [0, 0.1) is 0 Å². The van der Waals surface area contributed by atoms with Gasteiger partial charge in [-0.15, -0.1) is 0 Å². The summed E-state index contributed by atoms with van der Waals surface area (Å²) in [6.07, 6.45) is 1.15. The van der Waals surface area contributed by atoms with Crippen molar-refractivity contribution in [2.24, 2.45) is 0 Å². The van der Waals surface area contributed by atoms with Crippen molar-refractivity contribution < 1.29 is 15.7 Å². The third kappa shape index (κ3) is 1.27. The second-order valence-corrected chi connectivity index (χ2v) is 1.99. The number of hydrogen-bond donors (Lipinski definition) is 2. The lowest BCUT2D eigenvalue weighted by atomic mass is 10.3. The fourth-order valence-corrected chi connectivity index (χ4v) is 0.695. The molecule has 1 rings (SSSR count). The summed E-state index contributed by atoms with van der Waals surface area (Å²) in [7, 11) is 0. The Labute approximate surface area is 61.6 Å². The zero-order valence-corrected chi connectivity index (χ0v) is 5.65. The summed E-state index contributed by atoms with van der Waals surface area (Å²) in [4.78, 5) is 21.4. The van der Waals surface area contributed by atoms with Crippen molar-refractivity contribution in [2.45, 2.75) is 0 Å². The molecule has 0 radical (unpaired) electrons. The van der Waals surface area contributed by atoms with E-state index < -0.39 is 11.5 Å². The van der Waals surface area contributed by atoms with E-state index in [9.17, 15) is 9.59 Å². The number of hydrogen-bond acceptors (Lipinski definition) is 3. The van der Waals surface area contributed by atoms with Gasteiger partial charge in [0, 0.05) is 6.20 Å². The van der Waals surface area contributed by atoms with Crippen molar-refractivity contribution in [3.63, 3.8) is 0 Å². The van der Waals surface area contributed by atoms with Gasteiger partial charge >= 0.3 is 5.91 Å². The summed E-state index contributed by atoms with van der Waals surface area (Å²) in [6.45, 7) is 0. The molecule has 0 saturated heterocycles.